The van der Waals surface area contributed by atoms with Gasteiger partial charge in [-0.05, 0) is 55.6 Å². The van der Waals surface area contributed by atoms with Crippen LogP contribution in [0.3, 0.4) is 0 Å². The van der Waals surface area contributed by atoms with Gasteiger partial charge in [0.1, 0.15) is 128 Å². The second-order valence-corrected chi connectivity index (χ2v) is 34.1. The first kappa shape index (κ1) is 96.7. The van der Waals surface area contributed by atoms with Crippen molar-refractivity contribution in [3.05, 3.63) is 359 Å². The normalized spacial score (nSPS) is 31.2. The van der Waals surface area contributed by atoms with Crippen LogP contribution < -0.4 is 0 Å². The smallest absolute Gasteiger partial charge is 0.187 e. The Morgan fingerprint density at radius 2 is 0.396 bits per heavy atom. The van der Waals surface area contributed by atoms with Crippen LogP contribution in [-0.4, -0.2) is 249 Å². The molecule has 0 spiro atoms. The summed E-state index contributed by atoms with van der Waals surface area (Å²) in [7, 11) is 0. The number of rotatable bonds is 49. The van der Waals surface area contributed by atoms with Crippen LogP contribution in [0.2, 0.25) is 0 Å². The molecule has 10 aromatic carbocycles. The molecule has 7 aliphatic heterocycles. The highest BCUT2D eigenvalue weighted by atomic mass is 16.8. The number of aliphatic hydroxyl groups is 6. The van der Waals surface area contributed by atoms with E-state index in [1.807, 2.05) is 303 Å². The Morgan fingerprint density at radius 3 is 0.731 bits per heavy atom. The van der Waals surface area contributed by atoms with Crippen LogP contribution in [0.15, 0.2) is 303 Å². The lowest BCUT2D eigenvalue weighted by Gasteiger charge is -2.32. The van der Waals surface area contributed by atoms with E-state index in [2.05, 4.69) is 0 Å². The molecule has 7 heterocycles. The van der Waals surface area contributed by atoms with Crippen LogP contribution >= 0.6 is 0 Å². The molecule has 7 saturated heterocycles. The Bertz CT molecular complexity index is 4980. The average molecular weight is 1840 g/mol. The van der Waals surface area contributed by atoms with Crippen molar-refractivity contribution in [3.63, 3.8) is 0 Å². The SMILES string of the molecule is OC[C@H]1O[C@@H](O[C@@H]2[C@@H](OC[C@H]3O[C@H](OC[C@H]4O[C@H](OC[C@H]5O[C@H](O)[C@@H](OCc6ccccc6)[C@@H]5OCc5ccccc5)[C@@H](OCc5ccccc5)[C@@H]4OCc4ccccc4)[C@@H](O)[C@@H]3O[C@H]3O[C@H](COCc4ccccc4)[C@@H](OCc4ccccc4)[C@@H]3O[C@@H]3O[C@H](CO)[C@@H](O)[C@@H]3OCc3ccccc3)O[C@H](COCc3ccccc3)[C@H]2OCc2ccccc2)[C@@H](OCc2ccccc2)[C@@H]1O. The van der Waals surface area contributed by atoms with E-state index in [1.165, 1.54) is 0 Å². The lowest BCUT2D eigenvalue weighted by molar-refractivity contribution is -0.275. The number of hydrogen-bond donors (Lipinski definition) is 6. The number of ether oxygens (including phenoxy) is 23. The maximum atomic E-state index is 13.6. The van der Waals surface area contributed by atoms with Gasteiger partial charge in [0, 0.05) is 0 Å². The van der Waals surface area contributed by atoms with Crippen molar-refractivity contribution >= 4 is 0 Å². The Kier molecular flexibility index (Phi) is 35.6. The topological polar surface area (TPSA) is 334 Å². The number of benzene rings is 10. The molecule has 0 bridgehead atoms. The molecule has 0 unspecified atom stereocenters. The molecule has 7 aliphatic rings. The Labute approximate surface area is 779 Å². The molecule has 0 aliphatic carbocycles. The summed E-state index contributed by atoms with van der Waals surface area (Å²) < 4.78 is 157. The Hall–Kier alpha value is -8.96. The third-order valence-electron chi connectivity index (χ3n) is 24.5. The van der Waals surface area contributed by atoms with Crippen LogP contribution in [0.1, 0.15) is 55.6 Å². The Balaban J connectivity index is 0.713. The van der Waals surface area contributed by atoms with Crippen molar-refractivity contribution < 1.29 is 140 Å². The van der Waals surface area contributed by atoms with E-state index in [-0.39, 0.29) is 92.5 Å². The van der Waals surface area contributed by atoms with Gasteiger partial charge in [0.15, 0.2) is 44.0 Å². The maximum Gasteiger partial charge on any atom is 0.187 e. The van der Waals surface area contributed by atoms with Gasteiger partial charge in [-0.15, -0.1) is 0 Å². The summed E-state index contributed by atoms with van der Waals surface area (Å²) in [6, 6.07) is 95.5. The molecular weight excluding hydrogens is 1730 g/mol. The van der Waals surface area contributed by atoms with E-state index in [9.17, 15) is 30.6 Å². The zero-order valence-electron chi connectivity index (χ0n) is 74.1. The van der Waals surface area contributed by atoms with Gasteiger partial charge in [0.05, 0.1) is 112 Å². The second-order valence-electron chi connectivity index (χ2n) is 34.1. The third kappa shape index (κ3) is 25.9. The van der Waals surface area contributed by atoms with Crippen molar-refractivity contribution in [1.82, 2.24) is 0 Å². The summed E-state index contributed by atoms with van der Waals surface area (Å²) in [6.45, 7) is -1.48. The highest BCUT2D eigenvalue weighted by Crippen LogP contribution is 2.42. The molecule has 28 atom stereocenters. The van der Waals surface area contributed by atoms with E-state index in [0.29, 0.717) is 0 Å². The van der Waals surface area contributed by atoms with Gasteiger partial charge in [0.25, 0.3) is 0 Å². The van der Waals surface area contributed by atoms with Gasteiger partial charge in [-0.3, -0.25) is 0 Å². The zero-order valence-corrected chi connectivity index (χ0v) is 74.1. The summed E-state index contributed by atoms with van der Waals surface area (Å²) in [4.78, 5) is 0. The molecule has 6 N–H and O–H groups in total. The van der Waals surface area contributed by atoms with Crippen molar-refractivity contribution in [2.75, 3.05) is 46.2 Å². The van der Waals surface area contributed by atoms with E-state index in [0.717, 1.165) is 55.6 Å². The molecule has 0 radical (unpaired) electrons. The highest BCUT2D eigenvalue weighted by Gasteiger charge is 2.59. The lowest BCUT2D eigenvalue weighted by Crippen LogP contribution is -2.48. The summed E-state index contributed by atoms with van der Waals surface area (Å²) in [5, 5.41) is 71.1. The maximum absolute atomic E-state index is 13.6. The molecule has 0 saturated carbocycles. The molecule has 29 nitrogen and oxygen atoms in total. The second kappa shape index (κ2) is 49.4. The first-order valence-corrected chi connectivity index (χ1v) is 45.8. The van der Waals surface area contributed by atoms with Crippen molar-refractivity contribution in [1.29, 1.82) is 0 Å². The van der Waals surface area contributed by atoms with E-state index in [4.69, 9.17) is 109 Å². The van der Waals surface area contributed by atoms with Gasteiger partial charge >= 0.3 is 0 Å². The summed E-state index contributed by atoms with van der Waals surface area (Å²) in [6.07, 6.45) is -34.7. The van der Waals surface area contributed by atoms with Gasteiger partial charge < -0.3 is 140 Å². The standard InChI is InChI=1S/C105H118O29/c106-51-78-85(108)93(118-59-74-43-23-7-24-44-74)103(126-78)133-97-91(116-57-72-39-19-5-20-40-72)80(63-112-53-68-31-11-1-12-32-68)129-102(97)124-65-82-88(132-105-98(134-104-94(86(109)79(52-107)127-104)119-60-75-45-25-8-26-46-75)92(117-58-73-41-21-6-22-42-73)81(131-105)64-113-54-69-33-13-2-14-34-69)87(110)100(128-82)122-67-84-90(115-56-71-37-17-4-18-38-71)96(121-62-77-49-29-10-30-50-77)101(130-84)123-66-83-89(114-55-70-35-15-3-16-36-70)95(99(111)125-83)120-61-76-47-27-9-28-48-76/h1-50,78-111H,51-67H2/t78-,79-,80-,81-,82-,83-,84-,85-,86-,87+,88-,89-,90-,91-,92-,93+,94+,95+,96+,97+,98+,99+,100+,101+,102+,103+,104+,105-/m1/s1. The first-order chi connectivity index (χ1) is 66.0. The molecule has 29 heteroatoms. The predicted octanol–water partition coefficient (Wildman–Crippen LogP) is 10.4. The lowest BCUT2D eigenvalue weighted by atomic mass is 10.1. The molecule has 7 fully saturated rings. The highest BCUT2D eigenvalue weighted by molar-refractivity contribution is 5.22. The fraction of sp³-hybridized carbons (Fsp3) is 0.429. The van der Waals surface area contributed by atoms with E-state index < -0.39 is 192 Å². The van der Waals surface area contributed by atoms with Crippen molar-refractivity contribution in [2.45, 2.75) is 238 Å². The van der Waals surface area contributed by atoms with Crippen LogP contribution in [0.4, 0.5) is 0 Å². The fourth-order valence-electron chi connectivity index (χ4n) is 17.5. The minimum Gasteiger partial charge on any atom is -0.394 e. The van der Waals surface area contributed by atoms with Gasteiger partial charge in [-0.25, -0.2) is 0 Å². The van der Waals surface area contributed by atoms with Gasteiger partial charge in [-0.1, -0.05) is 303 Å². The number of hydrogen-bond acceptors (Lipinski definition) is 29. The largest absolute Gasteiger partial charge is 0.394 e. The average Bonchev–Trinajstić information content (AvgIpc) is 1.62. The minimum atomic E-state index is -1.77. The van der Waals surface area contributed by atoms with Gasteiger partial charge in [-0.2, -0.15) is 0 Å². The number of aliphatic hydroxyl groups excluding tert-OH is 6. The minimum absolute atomic E-state index is 0.0157. The molecular formula is C105H118O29. The van der Waals surface area contributed by atoms with Crippen LogP contribution in [0.25, 0.3) is 0 Å². The van der Waals surface area contributed by atoms with Crippen LogP contribution in [0, 0.1) is 0 Å². The third-order valence-corrected chi connectivity index (χ3v) is 24.5. The zero-order chi connectivity index (χ0) is 91.6. The predicted molar refractivity (Wildman–Crippen MR) is 480 cm³/mol. The summed E-state index contributed by atoms with van der Waals surface area (Å²) in [5.74, 6) is 0. The van der Waals surface area contributed by atoms with Crippen molar-refractivity contribution in [3.8, 4) is 0 Å². The molecule has 17 rings (SSSR count). The fourth-order valence-corrected chi connectivity index (χ4v) is 17.5. The first-order valence-electron chi connectivity index (χ1n) is 45.8. The molecule has 0 amide bonds. The van der Waals surface area contributed by atoms with Crippen LogP contribution in [-0.2, 0) is 175 Å². The molecule has 0 aromatic heterocycles. The van der Waals surface area contributed by atoms with Gasteiger partial charge in [0.2, 0.25) is 0 Å². The quantitative estimate of drug-likeness (QED) is 0.0206. The van der Waals surface area contributed by atoms with Crippen molar-refractivity contribution in [2.24, 2.45) is 0 Å². The molecule has 134 heavy (non-hydrogen) atoms. The van der Waals surface area contributed by atoms with E-state index >= 15 is 0 Å². The molecule has 712 valence electrons. The van der Waals surface area contributed by atoms with Crippen LogP contribution in [0.5, 0.6) is 0 Å². The summed E-state index contributed by atoms with van der Waals surface area (Å²) in [5.41, 5.74) is 8.38. The molecule has 10 aromatic rings. The summed E-state index contributed by atoms with van der Waals surface area (Å²) >= 11 is 0. The van der Waals surface area contributed by atoms with E-state index in [1.54, 1.807) is 0 Å². The monoisotopic (exact) mass is 1840 g/mol. The Morgan fingerprint density at radius 1 is 0.179 bits per heavy atom.